The van der Waals surface area contributed by atoms with Crippen molar-refractivity contribution in [2.75, 3.05) is 13.1 Å². The third kappa shape index (κ3) is 2.20. The average Bonchev–Trinajstić information content (AvgIpc) is 2.89. The quantitative estimate of drug-likeness (QED) is 0.889. The molecule has 1 fully saturated rings. The minimum atomic E-state index is 0.208. The van der Waals surface area contributed by atoms with Crippen LogP contribution in [0.3, 0.4) is 0 Å². The van der Waals surface area contributed by atoms with E-state index in [4.69, 9.17) is 0 Å². The van der Waals surface area contributed by atoms with Crippen LogP contribution >= 0.6 is 0 Å². The van der Waals surface area contributed by atoms with Gasteiger partial charge in [0.2, 0.25) is 0 Å². The molecular formula is C15H27N3. The summed E-state index contributed by atoms with van der Waals surface area (Å²) in [5.74, 6) is 0. The summed E-state index contributed by atoms with van der Waals surface area (Å²) in [4.78, 5) is 4.45. The van der Waals surface area contributed by atoms with Gasteiger partial charge in [-0.25, -0.2) is 4.98 Å². The Labute approximate surface area is 111 Å². The number of aromatic nitrogens is 2. The summed E-state index contributed by atoms with van der Waals surface area (Å²) in [7, 11) is 0. The maximum Gasteiger partial charge on any atom is 0.0953 e. The molecule has 0 amide bonds. The van der Waals surface area contributed by atoms with Gasteiger partial charge in [-0.05, 0) is 45.7 Å². The van der Waals surface area contributed by atoms with Gasteiger partial charge in [0.1, 0.15) is 0 Å². The van der Waals surface area contributed by atoms with Crippen LogP contribution in [0.15, 0.2) is 12.5 Å². The number of piperidine rings is 1. The molecule has 1 saturated heterocycles. The van der Waals surface area contributed by atoms with Gasteiger partial charge in [-0.15, -0.1) is 0 Å². The van der Waals surface area contributed by atoms with E-state index in [1.165, 1.54) is 18.5 Å². The number of hydrogen-bond donors (Lipinski definition) is 1. The molecule has 18 heavy (non-hydrogen) atoms. The minimum Gasteiger partial charge on any atom is -0.328 e. The van der Waals surface area contributed by atoms with Crippen LogP contribution in [0.2, 0.25) is 0 Å². The molecule has 0 unspecified atom stereocenters. The van der Waals surface area contributed by atoms with Crippen LogP contribution in [0.5, 0.6) is 0 Å². The molecule has 0 aromatic carbocycles. The van der Waals surface area contributed by atoms with Crippen LogP contribution in [0.25, 0.3) is 0 Å². The highest BCUT2D eigenvalue weighted by Crippen LogP contribution is 2.36. The second kappa shape index (κ2) is 5.04. The van der Waals surface area contributed by atoms with Crippen molar-refractivity contribution in [2.45, 2.75) is 64.3 Å². The molecule has 0 spiro atoms. The standard InChI is InChI=1S/C15H27N3/c1-5-15(4,6-2)18-12-17-11-13(18)14(3)7-9-16-10-8-14/h11-12,16H,5-10H2,1-4H3. The highest BCUT2D eigenvalue weighted by Gasteiger charge is 2.35. The lowest BCUT2D eigenvalue weighted by molar-refractivity contribution is 0.247. The van der Waals surface area contributed by atoms with Crippen LogP contribution in [-0.4, -0.2) is 22.6 Å². The number of imidazole rings is 1. The van der Waals surface area contributed by atoms with Gasteiger partial charge in [0.15, 0.2) is 0 Å². The molecule has 1 aliphatic rings. The van der Waals surface area contributed by atoms with Crippen LogP contribution in [-0.2, 0) is 11.0 Å². The van der Waals surface area contributed by atoms with Crippen LogP contribution in [0.4, 0.5) is 0 Å². The van der Waals surface area contributed by atoms with E-state index < -0.39 is 0 Å². The van der Waals surface area contributed by atoms with Gasteiger partial charge in [0.25, 0.3) is 0 Å². The molecule has 2 rings (SSSR count). The zero-order valence-corrected chi connectivity index (χ0v) is 12.3. The Morgan fingerprint density at radius 2 is 1.94 bits per heavy atom. The van der Waals surface area contributed by atoms with Crippen molar-refractivity contribution < 1.29 is 0 Å². The highest BCUT2D eigenvalue weighted by molar-refractivity contribution is 5.17. The first-order valence-electron chi connectivity index (χ1n) is 7.30. The SMILES string of the molecule is CCC(C)(CC)n1cncc1C1(C)CCNCC1. The van der Waals surface area contributed by atoms with Crippen LogP contribution < -0.4 is 5.32 Å². The second-order valence-electron chi connectivity index (χ2n) is 6.16. The van der Waals surface area contributed by atoms with Gasteiger partial charge < -0.3 is 9.88 Å². The summed E-state index contributed by atoms with van der Waals surface area (Å²) in [5, 5.41) is 3.46. The Morgan fingerprint density at radius 1 is 1.33 bits per heavy atom. The molecule has 0 radical (unpaired) electrons. The Morgan fingerprint density at radius 3 is 2.50 bits per heavy atom. The molecular weight excluding hydrogens is 222 g/mol. The molecule has 0 aliphatic carbocycles. The summed E-state index contributed by atoms with van der Waals surface area (Å²) in [6.07, 6.45) is 8.86. The topological polar surface area (TPSA) is 29.9 Å². The Hall–Kier alpha value is -0.830. The first-order chi connectivity index (χ1) is 8.56. The number of nitrogens with one attached hydrogen (secondary N) is 1. The van der Waals surface area contributed by atoms with E-state index in [0.717, 1.165) is 25.9 Å². The fraction of sp³-hybridized carbons (Fsp3) is 0.800. The van der Waals surface area contributed by atoms with Crippen molar-refractivity contribution in [3.05, 3.63) is 18.2 Å². The molecule has 1 aromatic rings. The van der Waals surface area contributed by atoms with Crippen molar-refractivity contribution in [1.82, 2.24) is 14.9 Å². The van der Waals surface area contributed by atoms with Crippen molar-refractivity contribution >= 4 is 0 Å². The first-order valence-corrected chi connectivity index (χ1v) is 7.30. The Kier molecular flexibility index (Phi) is 3.81. The van der Waals surface area contributed by atoms with Gasteiger partial charge in [0.05, 0.1) is 6.33 Å². The number of hydrogen-bond acceptors (Lipinski definition) is 2. The van der Waals surface area contributed by atoms with Gasteiger partial charge in [0, 0.05) is 22.8 Å². The van der Waals surface area contributed by atoms with Crippen molar-refractivity contribution in [1.29, 1.82) is 0 Å². The highest BCUT2D eigenvalue weighted by atomic mass is 15.1. The van der Waals surface area contributed by atoms with E-state index in [9.17, 15) is 0 Å². The molecule has 0 saturated carbocycles. The van der Waals surface area contributed by atoms with E-state index in [2.05, 4.69) is 48.8 Å². The van der Waals surface area contributed by atoms with Gasteiger partial charge in [-0.3, -0.25) is 0 Å². The first kappa shape index (κ1) is 13.6. The third-order valence-electron chi connectivity index (χ3n) is 5.07. The van der Waals surface area contributed by atoms with Crippen molar-refractivity contribution in [2.24, 2.45) is 0 Å². The maximum absolute atomic E-state index is 4.45. The fourth-order valence-corrected chi connectivity index (χ4v) is 3.00. The number of nitrogens with zero attached hydrogens (tertiary/aromatic N) is 2. The predicted molar refractivity (Wildman–Crippen MR) is 75.9 cm³/mol. The average molecular weight is 249 g/mol. The lowest BCUT2D eigenvalue weighted by atomic mass is 9.77. The summed E-state index contributed by atoms with van der Waals surface area (Å²) >= 11 is 0. The molecule has 1 N–H and O–H groups in total. The van der Waals surface area contributed by atoms with E-state index in [1.54, 1.807) is 0 Å². The molecule has 2 heterocycles. The summed E-state index contributed by atoms with van der Waals surface area (Å²) in [6.45, 7) is 11.5. The van der Waals surface area contributed by atoms with Crippen molar-refractivity contribution in [3.63, 3.8) is 0 Å². The molecule has 3 nitrogen and oxygen atoms in total. The Balaban J connectivity index is 2.38. The summed E-state index contributed by atoms with van der Waals surface area (Å²) in [5.41, 5.74) is 1.92. The molecule has 1 aliphatic heterocycles. The lowest BCUT2D eigenvalue weighted by Crippen LogP contribution is -2.41. The van der Waals surface area contributed by atoms with E-state index in [-0.39, 0.29) is 11.0 Å². The zero-order chi connectivity index (χ0) is 13.2. The molecule has 0 bridgehead atoms. The maximum atomic E-state index is 4.45. The monoisotopic (exact) mass is 249 g/mol. The fourth-order valence-electron chi connectivity index (χ4n) is 3.00. The molecule has 0 atom stereocenters. The smallest absolute Gasteiger partial charge is 0.0953 e. The van der Waals surface area contributed by atoms with Crippen molar-refractivity contribution in [3.8, 4) is 0 Å². The van der Waals surface area contributed by atoms with Crippen LogP contribution in [0.1, 0.15) is 59.1 Å². The zero-order valence-electron chi connectivity index (χ0n) is 12.3. The Bertz CT molecular complexity index is 384. The second-order valence-corrected chi connectivity index (χ2v) is 6.16. The predicted octanol–water partition coefficient (Wildman–Crippen LogP) is 3.06. The minimum absolute atomic E-state index is 0.208. The van der Waals surface area contributed by atoms with E-state index >= 15 is 0 Å². The number of rotatable bonds is 4. The largest absolute Gasteiger partial charge is 0.328 e. The van der Waals surface area contributed by atoms with Gasteiger partial charge in [-0.2, -0.15) is 0 Å². The van der Waals surface area contributed by atoms with E-state index in [0.29, 0.717) is 0 Å². The van der Waals surface area contributed by atoms with E-state index in [1.807, 2.05) is 6.33 Å². The van der Waals surface area contributed by atoms with Crippen LogP contribution in [0, 0.1) is 0 Å². The van der Waals surface area contributed by atoms with Gasteiger partial charge in [-0.1, -0.05) is 20.8 Å². The lowest BCUT2D eigenvalue weighted by Gasteiger charge is -2.39. The summed E-state index contributed by atoms with van der Waals surface area (Å²) in [6, 6.07) is 0. The molecule has 1 aromatic heterocycles. The summed E-state index contributed by atoms with van der Waals surface area (Å²) < 4.78 is 2.44. The normalized spacial score (nSPS) is 20.0. The van der Waals surface area contributed by atoms with Gasteiger partial charge >= 0.3 is 0 Å². The molecule has 3 heteroatoms. The third-order valence-corrected chi connectivity index (χ3v) is 5.07. The molecule has 102 valence electrons.